The molecule has 3 atom stereocenters. The molecule has 3 unspecified atom stereocenters. The largest absolute Gasteiger partial charge is 0.497 e. The van der Waals surface area contributed by atoms with E-state index in [4.69, 9.17) is 4.74 Å². The predicted molar refractivity (Wildman–Crippen MR) is 82.1 cm³/mol. The van der Waals surface area contributed by atoms with Crippen molar-refractivity contribution in [3.63, 3.8) is 0 Å². The zero-order chi connectivity index (χ0) is 14.4. The molecular weight excluding hydrogens is 258 g/mol. The monoisotopic (exact) mass is 283 g/mol. The van der Waals surface area contributed by atoms with Crippen LogP contribution in [-0.4, -0.2) is 29.4 Å². The third-order valence-electron chi connectivity index (χ3n) is 3.17. The van der Waals surface area contributed by atoms with Crippen molar-refractivity contribution in [1.29, 1.82) is 0 Å². The van der Waals surface area contributed by atoms with Gasteiger partial charge in [0.15, 0.2) is 0 Å². The third-order valence-corrected chi connectivity index (χ3v) is 5.26. The third kappa shape index (κ3) is 4.62. The van der Waals surface area contributed by atoms with Crippen molar-refractivity contribution >= 4 is 10.8 Å². The standard InChI is InChI=1S/C15H25NO2S/c1-11(2)10-19(17)12(3)15(16-4)13-6-8-14(18-5)9-7-13/h6-9,11-12,15-16H,10H2,1-5H3. The van der Waals surface area contributed by atoms with Crippen molar-refractivity contribution in [2.45, 2.75) is 32.1 Å². The van der Waals surface area contributed by atoms with Gasteiger partial charge in [-0.1, -0.05) is 26.0 Å². The Hall–Kier alpha value is -0.870. The molecular formula is C15H25NO2S. The zero-order valence-corrected chi connectivity index (χ0v) is 13.3. The van der Waals surface area contributed by atoms with Crippen LogP contribution in [0, 0.1) is 5.92 Å². The van der Waals surface area contributed by atoms with E-state index in [9.17, 15) is 4.21 Å². The van der Waals surface area contributed by atoms with Gasteiger partial charge in [0.2, 0.25) is 0 Å². The highest BCUT2D eigenvalue weighted by molar-refractivity contribution is 7.85. The smallest absolute Gasteiger partial charge is 0.118 e. The van der Waals surface area contributed by atoms with E-state index in [1.54, 1.807) is 7.11 Å². The molecule has 3 nitrogen and oxygen atoms in total. The van der Waals surface area contributed by atoms with Crippen LogP contribution in [0.2, 0.25) is 0 Å². The van der Waals surface area contributed by atoms with Crippen LogP contribution < -0.4 is 10.1 Å². The molecule has 0 amide bonds. The highest BCUT2D eigenvalue weighted by atomic mass is 32.2. The first kappa shape index (κ1) is 16.2. The van der Waals surface area contributed by atoms with E-state index < -0.39 is 10.8 Å². The molecule has 108 valence electrons. The lowest BCUT2D eigenvalue weighted by Crippen LogP contribution is -2.32. The van der Waals surface area contributed by atoms with E-state index in [0.29, 0.717) is 5.92 Å². The molecule has 0 aliphatic rings. The molecule has 1 rings (SSSR count). The van der Waals surface area contributed by atoms with Crippen LogP contribution in [0.1, 0.15) is 32.4 Å². The second-order valence-electron chi connectivity index (χ2n) is 5.19. The first-order valence-corrected chi connectivity index (χ1v) is 8.06. The fourth-order valence-electron chi connectivity index (χ4n) is 2.12. The van der Waals surface area contributed by atoms with E-state index >= 15 is 0 Å². The Kier molecular flexibility index (Phi) is 6.52. The van der Waals surface area contributed by atoms with Crippen LogP contribution in [0.3, 0.4) is 0 Å². The van der Waals surface area contributed by atoms with Gasteiger partial charge in [-0.2, -0.15) is 0 Å². The van der Waals surface area contributed by atoms with Gasteiger partial charge in [0, 0.05) is 22.6 Å². The molecule has 0 aliphatic heterocycles. The molecule has 4 heteroatoms. The summed E-state index contributed by atoms with van der Waals surface area (Å²) >= 11 is 0. The summed E-state index contributed by atoms with van der Waals surface area (Å²) < 4.78 is 17.5. The van der Waals surface area contributed by atoms with E-state index in [0.717, 1.165) is 17.1 Å². The minimum atomic E-state index is -0.826. The van der Waals surface area contributed by atoms with E-state index in [-0.39, 0.29) is 11.3 Å². The number of hydrogen-bond acceptors (Lipinski definition) is 3. The molecule has 1 aromatic carbocycles. The molecule has 1 aromatic rings. The lowest BCUT2D eigenvalue weighted by atomic mass is 10.0. The summed E-state index contributed by atoms with van der Waals surface area (Å²) in [5.74, 6) is 2.04. The fourth-order valence-corrected chi connectivity index (χ4v) is 3.67. The Balaban J connectivity index is 2.83. The van der Waals surface area contributed by atoms with Crippen LogP contribution in [0.4, 0.5) is 0 Å². The normalized spacial score (nSPS) is 16.1. The molecule has 19 heavy (non-hydrogen) atoms. The molecule has 0 bridgehead atoms. The fraction of sp³-hybridized carbons (Fsp3) is 0.600. The Bertz CT molecular complexity index is 403. The highest BCUT2D eigenvalue weighted by Gasteiger charge is 2.23. The van der Waals surface area contributed by atoms with Crippen molar-refractivity contribution in [3.05, 3.63) is 29.8 Å². The summed E-state index contributed by atoms with van der Waals surface area (Å²) in [4.78, 5) is 0. The summed E-state index contributed by atoms with van der Waals surface area (Å²) in [5.41, 5.74) is 1.15. The summed E-state index contributed by atoms with van der Waals surface area (Å²) in [7, 11) is 2.75. The lowest BCUT2D eigenvalue weighted by molar-refractivity contribution is 0.414. The number of methoxy groups -OCH3 is 1. The maximum absolute atomic E-state index is 12.3. The van der Waals surface area contributed by atoms with Crippen molar-refractivity contribution in [2.24, 2.45) is 5.92 Å². The number of rotatable bonds is 7. The SMILES string of the molecule is CNC(c1ccc(OC)cc1)C(C)S(=O)CC(C)C. The van der Waals surface area contributed by atoms with Crippen molar-refractivity contribution in [2.75, 3.05) is 19.9 Å². The number of nitrogens with one attached hydrogen (secondary N) is 1. The molecule has 1 N–H and O–H groups in total. The van der Waals surface area contributed by atoms with Crippen LogP contribution in [0.15, 0.2) is 24.3 Å². The van der Waals surface area contributed by atoms with Gasteiger partial charge in [-0.05, 0) is 37.6 Å². The van der Waals surface area contributed by atoms with Gasteiger partial charge in [-0.15, -0.1) is 0 Å². The molecule has 0 fully saturated rings. The zero-order valence-electron chi connectivity index (χ0n) is 12.5. The molecule has 0 aromatic heterocycles. The summed E-state index contributed by atoms with van der Waals surface area (Å²) in [6.45, 7) is 6.25. The number of ether oxygens (including phenoxy) is 1. The first-order valence-electron chi connectivity index (χ1n) is 6.68. The predicted octanol–water partition coefficient (Wildman–Crippen LogP) is 2.75. The highest BCUT2D eigenvalue weighted by Crippen LogP contribution is 2.23. The number of hydrogen-bond donors (Lipinski definition) is 1. The molecule has 0 heterocycles. The lowest BCUT2D eigenvalue weighted by Gasteiger charge is -2.24. The average Bonchev–Trinajstić information content (AvgIpc) is 2.39. The maximum Gasteiger partial charge on any atom is 0.118 e. The van der Waals surface area contributed by atoms with Gasteiger partial charge in [-0.25, -0.2) is 0 Å². The minimum absolute atomic E-state index is 0.0841. The second-order valence-corrected chi connectivity index (χ2v) is 7.02. The first-order chi connectivity index (χ1) is 8.99. The van der Waals surface area contributed by atoms with Crippen LogP contribution >= 0.6 is 0 Å². The Morgan fingerprint density at radius 3 is 2.21 bits per heavy atom. The molecule has 0 aliphatic carbocycles. The van der Waals surface area contributed by atoms with Crippen molar-refractivity contribution in [1.82, 2.24) is 5.32 Å². The maximum atomic E-state index is 12.3. The second kappa shape index (κ2) is 7.65. The Morgan fingerprint density at radius 2 is 1.79 bits per heavy atom. The van der Waals surface area contributed by atoms with E-state index in [1.165, 1.54) is 0 Å². The molecule has 0 spiro atoms. The Labute approximate surface area is 119 Å². The van der Waals surface area contributed by atoms with Crippen molar-refractivity contribution < 1.29 is 8.95 Å². The minimum Gasteiger partial charge on any atom is -0.497 e. The van der Waals surface area contributed by atoms with Crippen LogP contribution in [0.5, 0.6) is 5.75 Å². The Morgan fingerprint density at radius 1 is 1.21 bits per heavy atom. The average molecular weight is 283 g/mol. The van der Waals surface area contributed by atoms with Crippen molar-refractivity contribution in [3.8, 4) is 5.75 Å². The molecule has 0 radical (unpaired) electrons. The van der Waals surface area contributed by atoms with Gasteiger partial charge < -0.3 is 10.1 Å². The van der Waals surface area contributed by atoms with Gasteiger partial charge in [-0.3, -0.25) is 4.21 Å². The van der Waals surface area contributed by atoms with Crippen LogP contribution in [-0.2, 0) is 10.8 Å². The topological polar surface area (TPSA) is 38.3 Å². The summed E-state index contributed by atoms with van der Waals surface area (Å²) in [5, 5.41) is 3.36. The number of benzene rings is 1. The molecule has 0 saturated heterocycles. The van der Waals surface area contributed by atoms with Gasteiger partial charge in [0.1, 0.15) is 5.75 Å². The molecule has 0 saturated carbocycles. The van der Waals surface area contributed by atoms with Gasteiger partial charge >= 0.3 is 0 Å². The van der Waals surface area contributed by atoms with E-state index in [1.807, 2.05) is 38.2 Å². The summed E-state index contributed by atoms with van der Waals surface area (Å²) in [6.07, 6.45) is 0. The van der Waals surface area contributed by atoms with Gasteiger partial charge in [0.05, 0.1) is 12.4 Å². The van der Waals surface area contributed by atoms with Crippen LogP contribution in [0.25, 0.3) is 0 Å². The summed E-state index contributed by atoms with van der Waals surface area (Å²) in [6, 6.07) is 8.05. The van der Waals surface area contributed by atoms with E-state index in [2.05, 4.69) is 19.2 Å². The van der Waals surface area contributed by atoms with Gasteiger partial charge in [0.25, 0.3) is 0 Å². The quantitative estimate of drug-likeness (QED) is 0.836.